The number of hydrogen-bond acceptors (Lipinski definition) is 5. The molecule has 7 heteroatoms. The molecule has 0 spiro atoms. The summed E-state index contributed by atoms with van der Waals surface area (Å²) in [5.74, 6) is 0.812. The van der Waals surface area contributed by atoms with Crippen molar-refractivity contribution >= 4 is 35.5 Å². The van der Waals surface area contributed by atoms with Crippen LogP contribution in [0.1, 0.15) is 12.6 Å². The molecule has 1 aliphatic heterocycles. The predicted octanol–water partition coefficient (Wildman–Crippen LogP) is 4.94. The van der Waals surface area contributed by atoms with Gasteiger partial charge in [0, 0.05) is 41.4 Å². The zero-order valence-corrected chi connectivity index (χ0v) is 18.3. The fraction of sp³-hybridized carbons (Fsp3) is 0.0769. The lowest BCUT2D eigenvalue weighted by Crippen LogP contribution is -2.13. The van der Waals surface area contributed by atoms with Gasteiger partial charge in [0.2, 0.25) is 0 Å². The number of aromatic nitrogens is 4. The van der Waals surface area contributed by atoms with Crippen LogP contribution in [0.3, 0.4) is 0 Å². The summed E-state index contributed by atoms with van der Waals surface area (Å²) in [4.78, 5) is 18.0. The second-order valence-corrected chi connectivity index (χ2v) is 7.48. The smallest absolute Gasteiger partial charge is 0.145 e. The third kappa shape index (κ3) is 3.92. The lowest BCUT2D eigenvalue weighted by molar-refractivity contribution is 0.996. The van der Waals surface area contributed by atoms with Crippen LogP contribution in [0.4, 0.5) is 0 Å². The molecule has 0 saturated heterocycles. The lowest BCUT2D eigenvalue weighted by atomic mass is 10.2. The van der Waals surface area contributed by atoms with Gasteiger partial charge in [-0.15, -0.1) is 0 Å². The van der Waals surface area contributed by atoms with Gasteiger partial charge in [0.05, 0.1) is 24.3 Å². The Morgan fingerprint density at radius 1 is 1.15 bits per heavy atom. The van der Waals surface area contributed by atoms with Crippen molar-refractivity contribution in [2.45, 2.75) is 6.92 Å². The topological polar surface area (TPSA) is 72.4 Å². The lowest BCUT2D eigenvalue weighted by Gasteiger charge is -2.13. The van der Waals surface area contributed by atoms with Crippen LogP contribution in [0.15, 0.2) is 95.5 Å². The van der Waals surface area contributed by atoms with Gasteiger partial charge in [-0.25, -0.2) is 9.97 Å². The fourth-order valence-electron chi connectivity index (χ4n) is 3.80. The van der Waals surface area contributed by atoms with Gasteiger partial charge in [0.15, 0.2) is 0 Å². The van der Waals surface area contributed by atoms with E-state index in [0.717, 1.165) is 39.5 Å². The van der Waals surface area contributed by atoms with E-state index in [-0.39, 0.29) is 0 Å². The monoisotopic (exact) mass is 433 g/mol. The number of aliphatic imine (C=N–C) groups is 2. The van der Waals surface area contributed by atoms with Crippen LogP contribution in [0.2, 0.25) is 0 Å². The molecule has 1 aromatic carbocycles. The number of imidazole rings is 1. The van der Waals surface area contributed by atoms with Crippen LogP contribution >= 0.6 is 0 Å². The number of hydrogen-bond donors (Lipinski definition) is 1. The summed E-state index contributed by atoms with van der Waals surface area (Å²) < 4.78 is 4.13. The Hall–Kier alpha value is -4.52. The molecule has 1 aliphatic rings. The maximum atomic E-state index is 4.91. The van der Waals surface area contributed by atoms with Crippen LogP contribution < -0.4 is 5.32 Å². The maximum Gasteiger partial charge on any atom is 0.145 e. The Bertz CT molecular complexity index is 1430. The summed E-state index contributed by atoms with van der Waals surface area (Å²) >= 11 is 0. The standard InChI is InChI=1S/C26H23N7/c1-3-4-7-23(27-2)24-17-33(22-15-28-18-29-16-22)26(31-24)20-8-10-21(11-9-20)32-14-12-19-6-5-13-30-25(19)32/h3-15,17-18H,2,16H2,1H3,(H,28,29)/b4-3-,23-7-. The molecule has 0 bridgehead atoms. The van der Waals surface area contributed by atoms with Crippen LogP contribution in [0, 0.1) is 0 Å². The van der Waals surface area contributed by atoms with Gasteiger partial charge >= 0.3 is 0 Å². The highest BCUT2D eigenvalue weighted by atomic mass is 15.1. The Kier molecular flexibility index (Phi) is 5.51. The summed E-state index contributed by atoms with van der Waals surface area (Å²) in [6.07, 6.45) is 15.2. The van der Waals surface area contributed by atoms with E-state index in [4.69, 9.17) is 4.98 Å². The molecule has 162 valence electrons. The van der Waals surface area contributed by atoms with Crippen molar-refractivity contribution in [1.82, 2.24) is 24.4 Å². The van der Waals surface area contributed by atoms with Gasteiger partial charge in [0.25, 0.3) is 0 Å². The first-order chi connectivity index (χ1) is 16.3. The maximum absolute atomic E-state index is 4.91. The normalized spacial score (nSPS) is 14.0. The van der Waals surface area contributed by atoms with Gasteiger partial charge < -0.3 is 9.88 Å². The van der Waals surface area contributed by atoms with E-state index in [1.165, 1.54) is 0 Å². The summed E-state index contributed by atoms with van der Waals surface area (Å²) in [7, 11) is 0. The van der Waals surface area contributed by atoms with Gasteiger partial charge in [-0.05, 0) is 62.2 Å². The summed E-state index contributed by atoms with van der Waals surface area (Å²) in [6, 6.07) is 14.4. The van der Waals surface area contributed by atoms with E-state index in [1.54, 1.807) is 6.34 Å². The van der Waals surface area contributed by atoms with Crippen LogP contribution in [-0.4, -0.2) is 38.7 Å². The predicted molar refractivity (Wildman–Crippen MR) is 135 cm³/mol. The molecule has 0 amide bonds. The molecule has 1 N–H and O–H groups in total. The van der Waals surface area contributed by atoms with Gasteiger partial charge in [-0.2, -0.15) is 0 Å². The average molecular weight is 434 g/mol. The third-order valence-electron chi connectivity index (χ3n) is 5.42. The van der Waals surface area contributed by atoms with Gasteiger partial charge in [-0.1, -0.05) is 12.2 Å². The molecule has 0 radical (unpaired) electrons. The third-order valence-corrected chi connectivity index (χ3v) is 5.42. The molecule has 4 aromatic rings. The number of allylic oxidation sites excluding steroid dienone is 3. The van der Waals surface area contributed by atoms with Crippen molar-refractivity contribution in [2.24, 2.45) is 9.98 Å². The van der Waals surface area contributed by atoms with E-state index >= 15 is 0 Å². The van der Waals surface area contributed by atoms with E-state index in [1.807, 2.05) is 56.0 Å². The zero-order valence-electron chi connectivity index (χ0n) is 18.3. The van der Waals surface area contributed by atoms with Crippen LogP contribution in [0.25, 0.3) is 39.5 Å². The highest BCUT2D eigenvalue weighted by Crippen LogP contribution is 2.28. The number of nitrogens with zero attached hydrogens (tertiary/aromatic N) is 6. The summed E-state index contributed by atoms with van der Waals surface area (Å²) in [6.45, 7) is 6.24. The highest BCUT2D eigenvalue weighted by Gasteiger charge is 2.16. The van der Waals surface area contributed by atoms with E-state index in [2.05, 4.69) is 72.5 Å². The Balaban J connectivity index is 1.57. The zero-order chi connectivity index (χ0) is 22.6. The van der Waals surface area contributed by atoms with Crippen molar-refractivity contribution in [2.75, 3.05) is 6.54 Å². The molecule has 0 saturated carbocycles. The van der Waals surface area contributed by atoms with Crippen molar-refractivity contribution < 1.29 is 0 Å². The second kappa shape index (κ2) is 8.92. The van der Waals surface area contributed by atoms with Gasteiger partial charge in [-0.3, -0.25) is 14.6 Å². The van der Waals surface area contributed by atoms with Crippen LogP contribution in [0.5, 0.6) is 0 Å². The largest absolute Gasteiger partial charge is 0.351 e. The summed E-state index contributed by atoms with van der Waals surface area (Å²) in [5.41, 5.74) is 5.40. The minimum atomic E-state index is 0.560. The summed E-state index contributed by atoms with van der Waals surface area (Å²) in [5, 5.41) is 4.18. The van der Waals surface area contributed by atoms with E-state index < -0.39 is 0 Å². The first kappa shape index (κ1) is 20.4. The molecule has 0 atom stereocenters. The molecule has 3 aromatic heterocycles. The molecule has 5 rings (SSSR count). The molecule has 0 aliphatic carbocycles. The SMILES string of the molecule is C=N/C(=C\C=C/C)c1cn(C2=CNC=NC2)c(-c2ccc(-n3ccc4cccnc43)cc2)n1. The number of nitrogens with one attached hydrogen (secondary N) is 1. The highest BCUT2D eigenvalue weighted by molar-refractivity contribution is 5.78. The molecule has 4 heterocycles. The second-order valence-electron chi connectivity index (χ2n) is 7.48. The van der Waals surface area contributed by atoms with Crippen molar-refractivity contribution in [1.29, 1.82) is 0 Å². The fourth-order valence-corrected chi connectivity index (χ4v) is 3.80. The molecule has 0 unspecified atom stereocenters. The quantitative estimate of drug-likeness (QED) is 0.346. The van der Waals surface area contributed by atoms with E-state index in [9.17, 15) is 0 Å². The molecule has 33 heavy (non-hydrogen) atoms. The van der Waals surface area contributed by atoms with Gasteiger partial charge in [0.1, 0.15) is 17.2 Å². The first-order valence-electron chi connectivity index (χ1n) is 10.6. The minimum absolute atomic E-state index is 0.560. The van der Waals surface area contributed by atoms with E-state index in [0.29, 0.717) is 12.2 Å². The van der Waals surface area contributed by atoms with Crippen LogP contribution in [-0.2, 0) is 0 Å². The number of benzene rings is 1. The number of fused-ring (bicyclic) bond motifs is 1. The average Bonchev–Trinajstić information content (AvgIpc) is 3.50. The molecular weight excluding hydrogens is 410 g/mol. The minimum Gasteiger partial charge on any atom is -0.351 e. The molecular formula is C26H23N7. The Morgan fingerprint density at radius 2 is 2.03 bits per heavy atom. The van der Waals surface area contributed by atoms with Crippen molar-refractivity contribution in [3.8, 4) is 17.1 Å². The first-order valence-corrected chi connectivity index (χ1v) is 10.6. The van der Waals surface area contributed by atoms with Crippen molar-refractivity contribution in [3.05, 3.63) is 91.2 Å². The number of pyridine rings is 1. The Labute approximate surface area is 191 Å². The van der Waals surface area contributed by atoms with Crippen molar-refractivity contribution in [3.63, 3.8) is 0 Å². The Morgan fingerprint density at radius 3 is 2.79 bits per heavy atom. The molecule has 0 fully saturated rings. The number of rotatable bonds is 6. The molecule has 7 nitrogen and oxygen atoms in total.